The fraction of sp³-hybridized carbons (Fsp3) is 0.250. The molecule has 0 radical (unpaired) electrons. The summed E-state index contributed by atoms with van der Waals surface area (Å²) >= 11 is 0. The molecule has 0 unspecified atom stereocenters. The van der Waals surface area contributed by atoms with Crippen LogP contribution in [0.1, 0.15) is 11.5 Å². The van der Waals surface area contributed by atoms with Crippen molar-refractivity contribution in [2.45, 2.75) is 13.5 Å². The summed E-state index contributed by atoms with van der Waals surface area (Å²) in [4.78, 5) is 7.21. The second-order valence-electron chi connectivity index (χ2n) is 3.69. The summed E-state index contributed by atoms with van der Waals surface area (Å²) in [7, 11) is 1.51. The molecule has 0 bridgehead atoms. The summed E-state index contributed by atoms with van der Waals surface area (Å²) < 4.78 is 18.1. The van der Waals surface area contributed by atoms with Crippen LogP contribution in [-0.4, -0.2) is 17.1 Å². The number of aryl methyl sites for hydroxylation is 1. The Hall–Kier alpha value is -2.04. The Labute approximate surface area is 98.8 Å². The van der Waals surface area contributed by atoms with Crippen molar-refractivity contribution in [2.24, 2.45) is 0 Å². The van der Waals surface area contributed by atoms with E-state index in [1.54, 1.807) is 12.3 Å². The quantitative estimate of drug-likeness (QED) is 0.856. The molecular formula is C12H14FN3O. The molecule has 2 aromatic rings. The molecule has 2 N–H and O–H groups in total. The Morgan fingerprint density at radius 1 is 1.47 bits per heavy atom. The molecule has 0 spiro atoms. The van der Waals surface area contributed by atoms with E-state index in [1.807, 2.05) is 6.92 Å². The van der Waals surface area contributed by atoms with Gasteiger partial charge in [-0.05, 0) is 19.1 Å². The van der Waals surface area contributed by atoms with Crippen LogP contribution in [0.2, 0.25) is 0 Å². The Morgan fingerprint density at radius 2 is 2.29 bits per heavy atom. The molecule has 1 heterocycles. The van der Waals surface area contributed by atoms with Crippen molar-refractivity contribution >= 4 is 5.69 Å². The minimum absolute atomic E-state index is 0.315. The molecular weight excluding hydrogens is 221 g/mol. The lowest BCUT2D eigenvalue weighted by Gasteiger charge is -2.10. The first-order chi connectivity index (χ1) is 8.19. The van der Waals surface area contributed by atoms with E-state index in [2.05, 4.69) is 15.3 Å². The Balaban J connectivity index is 2.08. The van der Waals surface area contributed by atoms with Crippen LogP contribution in [0.4, 0.5) is 10.1 Å². The maximum atomic E-state index is 13.0. The maximum absolute atomic E-state index is 13.0. The largest absolute Gasteiger partial charge is 0.494 e. The van der Waals surface area contributed by atoms with E-state index in [0.29, 0.717) is 12.3 Å². The monoisotopic (exact) mass is 235 g/mol. The fourth-order valence-electron chi connectivity index (χ4n) is 1.56. The molecule has 4 nitrogen and oxygen atoms in total. The fourth-order valence-corrected chi connectivity index (χ4v) is 1.56. The van der Waals surface area contributed by atoms with Gasteiger partial charge in [0.25, 0.3) is 0 Å². The number of imidazole rings is 1. The van der Waals surface area contributed by atoms with Crippen LogP contribution in [0.25, 0.3) is 0 Å². The highest BCUT2D eigenvalue weighted by atomic mass is 19.1. The summed E-state index contributed by atoms with van der Waals surface area (Å²) in [6, 6.07) is 4.39. The zero-order valence-electron chi connectivity index (χ0n) is 9.75. The first-order valence-electron chi connectivity index (χ1n) is 5.27. The number of benzene rings is 1. The predicted molar refractivity (Wildman–Crippen MR) is 63.6 cm³/mol. The molecule has 0 fully saturated rings. The molecule has 1 aromatic heterocycles. The van der Waals surface area contributed by atoms with Gasteiger partial charge in [0.1, 0.15) is 17.4 Å². The van der Waals surface area contributed by atoms with Gasteiger partial charge in [0.05, 0.1) is 31.2 Å². The molecule has 1 aromatic carbocycles. The van der Waals surface area contributed by atoms with Crippen LogP contribution in [-0.2, 0) is 6.54 Å². The number of H-pyrrole nitrogens is 1. The highest BCUT2D eigenvalue weighted by molar-refractivity contribution is 5.56. The zero-order chi connectivity index (χ0) is 12.3. The number of nitrogens with one attached hydrogen (secondary N) is 2. The topological polar surface area (TPSA) is 49.9 Å². The summed E-state index contributed by atoms with van der Waals surface area (Å²) in [6.45, 7) is 2.48. The average Bonchev–Trinajstić information content (AvgIpc) is 2.73. The number of aromatic amines is 1. The SMILES string of the molecule is COc1cc(F)ccc1NCc1cnc(C)[nH]1. The van der Waals surface area contributed by atoms with Crippen LogP contribution in [0.15, 0.2) is 24.4 Å². The second-order valence-corrected chi connectivity index (χ2v) is 3.69. The van der Waals surface area contributed by atoms with Gasteiger partial charge in [-0.2, -0.15) is 0 Å². The molecule has 17 heavy (non-hydrogen) atoms. The molecule has 90 valence electrons. The van der Waals surface area contributed by atoms with Crippen molar-refractivity contribution in [1.82, 2.24) is 9.97 Å². The molecule has 0 aliphatic carbocycles. The third-order valence-corrected chi connectivity index (χ3v) is 2.39. The Morgan fingerprint density at radius 3 is 2.94 bits per heavy atom. The van der Waals surface area contributed by atoms with E-state index >= 15 is 0 Å². The number of anilines is 1. The van der Waals surface area contributed by atoms with Gasteiger partial charge in [-0.3, -0.25) is 0 Å². The first-order valence-corrected chi connectivity index (χ1v) is 5.27. The Kier molecular flexibility index (Phi) is 3.27. The molecule has 0 saturated heterocycles. The number of ether oxygens (including phenoxy) is 1. The van der Waals surface area contributed by atoms with Crippen LogP contribution < -0.4 is 10.1 Å². The highest BCUT2D eigenvalue weighted by Gasteiger charge is 2.04. The van der Waals surface area contributed by atoms with Crippen LogP contribution >= 0.6 is 0 Å². The van der Waals surface area contributed by atoms with Gasteiger partial charge in [0.15, 0.2) is 0 Å². The van der Waals surface area contributed by atoms with Crippen LogP contribution in [0.5, 0.6) is 5.75 Å². The van der Waals surface area contributed by atoms with Crippen molar-refractivity contribution in [3.05, 3.63) is 41.7 Å². The molecule has 0 atom stereocenters. The molecule has 0 aliphatic heterocycles. The number of hydrogen-bond acceptors (Lipinski definition) is 3. The maximum Gasteiger partial charge on any atom is 0.144 e. The van der Waals surface area contributed by atoms with E-state index in [1.165, 1.54) is 19.2 Å². The van der Waals surface area contributed by atoms with Crippen LogP contribution in [0, 0.1) is 12.7 Å². The van der Waals surface area contributed by atoms with E-state index in [0.717, 1.165) is 17.2 Å². The summed E-state index contributed by atoms with van der Waals surface area (Å²) in [5, 5.41) is 3.16. The third kappa shape index (κ3) is 2.75. The summed E-state index contributed by atoms with van der Waals surface area (Å²) in [6.07, 6.45) is 1.76. The number of rotatable bonds is 4. The van der Waals surface area contributed by atoms with Gasteiger partial charge in [-0.15, -0.1) is 0 Å². The lowest BCUT2D eigenvalue weighted by atomic mass is 10.2. The van der Waals surface area contributed by atoms with Gasteiger partial charge >= 0.3 is 0 Å². The molecule has 0 amide bonds. The average molecular weight is 235 g/mol. The number of hydrogen-bond donors (Lipinski definition) is 2. The van der Waals surface area contributed by atoms with Crippen molar-refractivity contribution < 1.29 is 9.13 Å². The van der Waals surface area contributed by atoms with Crippen LogP contribution in [0.3, 0.4) is 0 Å². The highest BCUT2D eigenvalue weighted by Crippen LogP contribution is 2.25. The smallest absolute Gasteiger partial charge is 0.144 e. The van der Waals surface area contributed by atoms with Crippen molar-refractivity contribution in [3.63, 3.8) is 0 Å². The van der Waals surface area contributed by atoms with E-state index in [9.17, 15) is 4.39 Å². The third-order valence-electron chi connectivity index (χ3n) is 2.39. The zero-order valence-corrected chi connectivity index (χ0v) is 9.75. The summed E-state index contributed by atoms with van der Waals surface area (Å²) in [5.74, 6) is 1.04. The normalized spacial score (nSPS) is 10.3. The standard InChI is InChI=1S/C12H14FN3O/c1-8-14-6-10(16-8)7-15-11-4-3-9(13)5-12(11)17-2/h3-6,15H,7H2,1-2H3,(H,14,16). The van der Waals surface area contributed by atoms with Crippen molar-refractivity contribution in [3.8, 4) is 5.75 Å². The molecule has 0 saturated carbocycles. The minimum Gasteiger partial charge on any atom is -0.494 e. The number of halogens is 1. The first kappa shape index (κ1) is 11.4. The lowest BCUT2D eigenvalue weighted by molar-refractivity contribution is 0.413. The van der Waals surface area contributed by atoms with E-state index < -0.39 is 0 Å². The van der Waals surface area contributed by atoms with Gasteiger partial charge < -0.3 is 15.0 Å². The molecule has 0 aliphatic rings. The van der Waals surface area contributed by atoms with Gasteiger partial charge in [-0.1, -0.05) is 0 Å². The Bertz CT molecular complexity index is 510. The van der Waals surface area contributed by atoms with Crippen molar-refractivity contribution in [1.29, 1.82) is 0 Å². The second kappa shape index (κ2) is 4.86. The number of aromatic nitrogens is 2. The minimum atomic E-state index is -0.315. The number of methoxy groups -OCH3 is 1. The van der Waals surface area contributed by atoms with Gasteiger partial charge in [0, 0.05) is 6.07 Å². The van der Waals surface area contributed by atoms with Gasteiger partial charge in [-0.25, -0.2) is 9.37 Å². The lowest BCUT2D eigenvalue weighted by Crippen LogP contribution is -2.02. The van der Waals surface area contributed by atoms with E-state index in [4.69, 9.17) is 4.74 Å². The number of nitrogens with zero attached hydrogens (tertiary/aromatic N) is 1. The predicted octanol–water partition coefficient (Wildman–Crippen LogP) is 2.48. The molecule has 2 rings (SSSR count). The van der Waals surface area contributed by atoms with Crippen molar-refractivity contribution in [2.75, 3.05) is 12.4 Å². The molecule has 5 heteroatoms. The van der Waals surface area contributed by atoms with Gasteiger partial charge in [0.2, 0.25) is 0 Å². The van der Waals surface area contributed by atoms with E-state index in [-0.39, 0.29) is 5.82 Å². The summed E-state index contributed by atoms with van der Waals surface area (Å²) in [5.41, 5.74) is 1.72.